The Bertz CT molecular complexity index is 428. The van der Waals surface area contributed by atoms with Crippen LogP contribution in [0.25, 0.3) is 0 Å². The summed E-state index contributed by atoms with van der Waals surface area (Å²) in [5.41, 5.74) is 0.178. The van der Waals surface area contributed by atoms with Crippen LogP contribution in [0, 0.1) is 5.92 Å². The number of rotatable bonds is 3. The van der Waals surface area contributed by atoms with Gasteiger partial charge >= 0.3 is 0 Å². The Balaban J connectivity index is 1.85. The van der Waals surface area contributed by atoms with Gasteiger partial charge in [0.05, 0.1) is 18.3 Å². The molecule has 2 unspecified atom stereocenters. The second-order valence-electron chi connectivity index (χ2n) is 5.50. The molecular formula is C15H20O3. The monoisotopic (exact) mass is 248 g/mol. The summed E-state index contributed by atoms with van der Waals surface area (Å²) >= 11 is 0. The van der Waals surface area contributed by atoms with Gasteiger partial charge in [0.25, 0.3) is 0 Å². The lowest BCUT2D eigenvalue weighted by atomic mass is 9.79. The highest BCUT2D eigenvalue weighted by Gasteiger charge is 2.38. The maximum absolute atomic E-state index is 10.8. The smallest absolute Gasteiger partial charge is 0.120 e. The summed E-state index contributed by atoms with van der Waals surface area (Å²) < 4.78 is 11.2. The molecule has 3 nitrogen and oxygen atoms in total. The molecule has 1 aliphatic carbocycles. The third kappa shape index (κ3) is 2.25. The van der Waals surface area contributed by atoms with Crippen molar-refractivity contribution in [3.63, 3.8) is 0 Å². The summed E-state index contributed by atoms with van der Waals surface area (Å²) in [4.78, 5) is 0. The zero-order chi connectivity index (χ0) is 12.6. The molecule has 2 fully saturated rings. The van der Waals surface area contributed by atoms with Gasteiger partial charge < -0.3 is 14.6 Å². The maximum atomic E-state index is 10.8. The molecule has 2 aliphatic rings. The molecule has 1 aliphatic heterocycles. The number of hydrogen-bond donors (Lipinski definition) is 1. The van der Waals surface area contributed by atoms with Crippen LogP contribution in [0.5, 0.6) is 5.75 Å². The van der Waals surface area contributed by atoms with Gasteiger partial charge in [0, 0.05) is 18.9 Å². The highest BCUT2D eigenvalue weighted by molar-refractivity contribution is 5.33. The minimum Gasteiger partial charge on any atom is -0.490 e. The molecule has 3 heteroatoms. The van der Waals surface area contributed by atoms with E-state index in [4.69, 9.17) is 9.47 Å². The van der Waals surface area contributed by atoms with Crippen LogP contribution >= 0.6 is 0 Å². The molecule has 0 spiro atoms. The van der Waals surface area contributed by atoms with E-state index in [2.05, 4.69) is 0 Å². The maximum Gasteiger partial charge on any atom is 0.120 e. The van der Waals surface area contributed by atoms with Crippen LogP contribution in [0.15, 0.2) is 24.3 Å². The SMILES string of the molecule is CC1COCCC1(O)c1cccc(OC2CC2)c1. The van der Waals surface area contributed by atoms with Gasteiger partial charge in [-0.15, -0.1) is 0 Å². The first kappa shape index (κ1) is 12.0. The van der Waals surface area contributed by atoms with E-state index in [0.29, 0.717) is 25.7 Å². The standard InChI is InChI=1S/C15H20O3/c1-11-10-17-8-7-15(11,16)12-3-2-4-14(9-12)18-13-5-6-13/h2-4,9,11,13,16H,5-8,10H2,1H3. The van der Waals surface area contributed by atoms with E-state index in [9.17, 15) is 5.11 Å². The first-order valence-corrected chi connectivity index (χ1v) is 6.76. The van der Waals surface area contributed by atoms with Gasteiger partial charge in [0.2, 0.25) is 0 Å². The first-order chi connectivity index (χ1) is 8.68. The van der Waals surface area contributed by atoms with Gasteiger partial charge in [-0.2, -0.15) is 0 Å². The fourth-order valence-electron chi connectivity index (χ4n) is 2.52. The number of aliphatic hydroxyl groups is 1. The quantitative estimate of drug-likeness (QED) is 0.893. The lowest BCUT2D eigenvalue weighted by molar-refractivity contribution is -0.111. The topological polar surface area (TPSA) is 38.7 Å². The predicted molar refractivity (Wildman–Crippen MR) is 68.6 cm³/mol. The molecule has 18 heavy (non-hydrogen) atoms. The van der Waals surface area contributed by atoms with Gasteiger partial charge in [-0.1, -0.05) is 19.1 Å². The Labute approximate surface area is 108 Å². The molecule has 0 bridgehead atoms. The van der Waals surface area contributed by atoms with E-state index in [0.717, 1.165) is 24.2 Å². The van der Waals surface area contributed by atoms with Crippen molar-refractivity contribution in [3.05, 3.63) is 29.8 Å². The van der Waals surface area contributed by atoms with Gasteiger partial charge in [-0.05, 0) is 30.5 Å². The van der Waals surface area contributed by atoms with Crippen molar-refractivity contribution in [2.24, 2.45) is 5.92 Å². The van der Waals surface area contributed by atoms with Crippen molar-refractivity contribution in [2.45, 2.75) is 37.9 Å². The van der Waals surface area contributed by atoms with Crippen LogP contribution in [0.1, 0.15) is 31.7 Å². The van der Waals surface area contributed by atoms with Crippen LogP contribution in [0.4, 0.5) is 0 Å². The van der Waals surface area contributed by atoms with Crippen molar-refractivity contribution in [2.75, 3.05) is 13.2 Å². The molecule has 3 rings (SSSR count). The predicted octanol–water partition coefficient (Wildman–Crippen LogP) is 2.47. The molecule has 98 valence electrons. The Morgan fingerprint density at radius 3 is 2.94 bits per heavy atom. The van der Waals surface area contributed by atoms with E-state index < -0.39 is 5.60 Å². The third-order valence-electron chi connectivity index (χ3n) is 3.97. The van der Waals surface area contributed by atoms with E-state index in [-0.39, 0.29) is 5.92 Å². The molecule has 0 amide bonds. The summed E-state index contributed by atoms with van der Waals surface area (Å²) in [6.45, 7) is 3.27. The molecule has 1 N–H and O–H groups in total. The summed E-state index contributed by atoms with van der Waals surface area (Å²) in [5.74, 6) is 0.990. The average Bonchev–Trinajstić information content (AvgIpc) is 3.17. The molecule has 1 aromatic rings. The van der Waals surface area contributed by atoms with Crippen LogP contribution in [0.3, 0.4) is 0 Å². The molecular weight excluding hydrogens is 228 g/mol. The van der Waals surface area contributed by atoms with Gasteiger partial charge in [-0.3, -0.25) is 0 Å². The van der Waals surface area contributed by atoms with Crippen LogP contribution in [-0.2, 0) is 10.3 Å². The fraction of sp³-hybridized carbons (Fsp3) is 0.600. The number of ether oxygens (including phenoxy) is 2. The minimum atomic E-state index is -0.777. The fourth-order valence-corrected chi connectivity index (χ4v) is 2.52. The van der Waals surface area contributed by atoms with Crippen molar-refractivity contribution in [1.82, 2.24) is 0 Å². The van der Waals surface area contributed by atoms with E-state index in [1.165, 1.54) is 0 Å². The number of benzene rings is 1. The lowest BCUT2D eigenvalue weighted by Gasteiger charge is -2.38. The normalized spacial score (nSPS) is 32.2. The summed E-state index contributed by atoms with van der Waals surface area (Å²) in [7, 11) is 0. The average molecular weight is 248 g/mol. The number of hydrogen-bond acceptors (Lipinski definition) is 3. The van der Waals surface area contributed by atoms with Gasteiger partial charge in [-0.25, -0.2) is 0 Å². The molecule has 0 aromatic heterocycles. The lowest BCUT2D eigenvalue weighted by Crippen LogP contribution is -2.41. The van der Waals surface area contributed by atoms with Gasteiger partial charge in [0.1, 0.15) is 5.75 Å². The second kappa shape index (κ2) is 4.56. The van der Waals surface area contributed by atoms with Crippen molar-refractivity contribution in [1.29, 1.82) is 0 Å². The Kier molecular flexibility index (Phi) is 3.04. The Morgan fingerprint density at radius 2 is 2.22 bits per heavy atom. The van der Waals surface area contributed by atoms with Crippen LogP contribution < -0.4 is 4.74 Å². The van der Waals surface area contributed by atoms with Crippen LogP contribution in [-0.4, -0.2) is 24.4 Å². The highest BCUT2D eigenvalue weighted by Crippen LogP contribution is 2.38. The highest BCUT2D eigenvalue weighted by atomic mass is 16.5. The molecule has 1 heterocycles. The molecule has 1 aromatic carbocycles. The Morgan fingerprint density at radius 1 is 1.39 bits per heavy atom. The second-order valence-corrected chi connectivity index (χ2v) is 5.50. The van der Waals surface area contributed by atoms with E-state index >= 15 is 0 Å². The molecule has 0 radical (unpaired) electrons. The zero-order valence-corrected chi connectivity index (χ0v) is 10.8. The third-order valence-corrected chi connectivity index (χ3v) is 3.97. The first-order valence-electron chi connectivity index (χ1n) is 6.76. The van der Waals surface area contributed by atoms with Crippen LogP contribution in [0.2, 0.25) is 0 Å². The summed E-state index contributed by atoms with van der Waals surface area (Å²) in [6.07, 6.45) is 3.35. The van der Waals surface area contributed by atoms with Crippen molar-refractivity contribution >= 4 is 0 Å². The minimum absolute atomic E-state index is 0.113. The van der Waals surface area contributed by atoms with Crippen molar-refractivity contribution in [3.8, 4) is 5.75 Å². The summed E-state index contributed by atoms with van der Waals surface area (Å²) in [6, 6.07) is 7.91. The zero-order valence-electron chi connectivity index (χ0n) is 10.8. The molecule has 1 saturated heterocycles. The largest absolute Gasteiger partial charge is 0.490 e. The van der Waals surface area contributed by atoms with E-state index in [1.54, 1.807) is 0 Å². The molecule has 2 atom stereocenters. The Hall–Kier alpha value is -1.06. The van der Waals surface area contributed by atoms with Gasteiger partial charge in [0.15, 0.2) is 0 Å². The summed E-state index contributed by atoms with van der Waals surface area (Å²) in [5, 5.41) is 10.8. The van der Waals surface area contributed by atoms with Crippen molar-refractivity contribution < 1.29 is 14.6 Å². The van der Waals surface area contributed by atoms with E-state index in [1.807, 2.05) is 31.2 Å². The molecule has 1 saturated carbocycles.